The molecule has 0 amide bonds. The van der Waals surface area contributed by atoms with Crippen molar-refractivity contribution in [3.63, 3.8) is 0 Å². The smallest absolute Gasteiger partial charge is 0.202 e. The van der Waals surface area contributed by atoms with E-state index in [2.05, 4.69) is 9.88 Å². The lowest BCUT2D eigenvalue weighted by molar-refractivity contribution is 0.103. The van der Waals surface area contributed by atoms with Gasteiger partial charge < -0.3 is 24.5 Å². The van der Waals surface area contributed by atoms with E-state index in [0.29, 0.717) is 34.7 Å². The van der Waals surface area contributed by atoms with Gasteiger partial charge in [-0.05, 0) is 42.0 Å². The van der Waals surface area contributed by atoms with Gasteiger partial charge >= 0.3 is 0 Å². The summed E-state index contributed by atoms with van der Waals surface area (Å²) in [5, 5.41) is 11.2. The van der Waals surface area contributed by atoms with Crippen LogP contribution in [0.1, 0.15) is 15.9 Å². The number of carbonyl (C=O) groups is 1. The third-order valence-electron chi connectivity index (χ3n) is 6.16. The van der Waals surface area contributed by atoms with Gasteiger partial charge in [-0.25, -0.2) is 4.39 Å². The summed E-state index contributed by atoms with van der Waals surface area (Å²) >= 11 is 6.53. The Morgan fingerprint density at radius 2 is 1.80 bits per heavy atom. The van der Waals surface area contributed by atoms with Crippen molar-refractivity contribution in [3.05, 3.63) is 76.3 Å². The lowest BCUT2D eigenvalue weighted by atomic mass is 9.98. The Morgan fingerprint density at radius 1 is 1.09 bits per heavy atom. The molecule has 0 atom stereocenters. The molecular formula is C26H21ClF2N2O4. The molecule has 3 aromatic carbocycles. The fourth-order valence-electron chi connectivity index (χ4n) is 4.32. The highest BCUT2D eigenvalue weighted by Gasteiger charge is 2.26. The van der Waals surface area contributed by atoms with Gasteiger partial charge in [0.1, 0.15) is 0 Å². The fourth-order valence-corrected chi connectivity index (χ4v) is 4.60. The SMILES string of the molecule is COc1ccc(C(=O)c2c(O)[nH]c3cc(Cl)c(-c4ccc(N5CCOCC5)cc4)cc23)c(F)c1F. The number of fused-ring (bicyclic) bond motifs is 1. The van der Waals surface area contributed by atoms with Crippen LogP contribution in [0.25, 0.3) is 22.0 Å². The van der Waals surface area contributed by atoms with Crippen LogP contribution in [0.15, 0.2) is 48.5 Å². The summed E-state index contributed by atoms with van der Waals surface area (Å²) in [4.78, 5) is 18.1. The molecule has 2 N–H and O–H groups in total. The number of nitrogens with zero attached hydrogens (tertiary/aromatic N) is 1. The highest BCUT2D eigenvalue weighted by atomic mass is 35.5. The van der Waals surface area contributed by atoms with Gasteiger partial charge in [0.2, 0.25) is 17.5 Å². The fraction of sp³-hybridized carbons (Fsp3) is 0.192. The van der Waals surface area contributed by atoms with Gasteiger partial charge in [-0.2, -0.15) is 4.39 Å². The molecule has 1 aliphatic rings. The summed E-state index contributed by atoms with van der Waals surface area (Å²) in [6.07, 6.45) is 0. The number of ketones is 1. The van der Waals surface area contributed by atoms with E-state index in [1.165, 1.54) is 7.11 Å². The summed E-state index contributed by atoms with van der Waals surface area (Å²) in [5.74, 6) is -4.28. The van der Waals surface area contributed by atoms with Crippen molar-refractivity contribution in [1.29, 1.82) is 0 Å². The number of ether oxygens (including phenoxy) is 2. The van der Waals surface area contributed by atoms with Gasteiger partial charge in [0.05, 0.1) is 42.0 Å². The maximum absolute atomic E-state index is 14.6. The van der Waals surface area contributed by atoms with Crippen molar-refractivity contribution in [1.82, 2.24) is 4.98 Å². The van der Waals surface area contributed by atoms with Crippen molar-refractivity contribution < 1.29 is 28.2 Å². The molecule has 0 radical (unpaired) electrons. The molecule has 5 rings (SSSR count). The quantitative estimate of drug-likeness (QED) is 0.353. The first-order valence-corrected chi connectivity index (χ1v) is 11.3. The molecule has 0 unspecified atom stereocenters. The van der Waals surface area contributed by atoms with E-state index < -0.39 is 28.9 Å². The van der Waals surface area contributed by atoms with E-state index in [9.17, 15) is 18.7 Å². The van der Waals surface area contributed by atoms with Gasteiger partial charge in [-0.1, -0.05) is 23.7 Å². The largest absolute Gasteiger partial charge is 0.494 e. The number of morpholine rings is 1. The van der Waals surface area contributed by atoms with Gasteiger partial charge in [-0.3, -0.25) is 4.79 Å². The van der Waals surface area contributed by atoms with Gasteiger partial charge in [-0.15, -0.1) is 0 Å². The Balaban J connectivity index is 1.56. The molecule has 9 heteroatoms. The number of nitrogens with one attached hydrogen (secondary N) is 1. The van der Waals surface area contributed by atoms with Crippen molar-refractivity contribution in [3.8, 4) is 22.8 Å². The third-order valence-corrected chi connectivity index (χ3v) is 6.47. The maximum Gasteiger partial charge on any atom is 0.202 e. The topological polar surface area (TPSA) is 74.8 Å². The Kier molecular flexibility index (Phi) is 6.08. The van der Waals surface area contributed by atoms with Crippen molar-refractivity contribution in [2.45, 2.75) is 0 Å². The number of anilines is 1. The third kappa shape index (κ3) is 4.09. The van der Waals surface area contributed by atoms with Crippen LogP contribution in [0, 0.1) is 11.6 Å². The minimum Gasteiger partial charge on any atom is -0.494 e. The van der Waals surface area contributed by atoms with Crippen LogP contribution in [0.3, 0.4) is 0 Å². The molecule has 4 aromatic rings. The molecule has 2 heterocycles. The zero-order valence-electron chi connectivity index (χ0n) is 18.7. The summed E-state index contributed by atoms with van der Waals surface area (Å²) in [5.41, 5.74) is 2.18. The number of rotatable bonds is 5. The first-order chi connectivity index (χ1) is 16.9. The van der Waals surface area contributed by atoms with Crippen LogP contribution in [-0.4, -0.2) is 49.3 Å². The van der Waals surface area contributed by atoms with Crippen molar-refractivity contribution in [2.24, 2.45) is 0 Å². The molecule has 0 spiro atoms. The number of aromatic nitrogens is 1. The molecule has 180 valence electrons. The predicted octanol–water partition coefficient (Wildman–Crippen LogP) is 5.55. The minimum atomic E-state index is -1.35. The number of aromatic hydroxyl groups is 1. The number of halogens is 3. The van der Waals surface area contributed by atoms with Crippen molar-refractivity contribution >= 4 is 34.0 Å². The predicted molar refractivity (Wildman–Crippen MR) is 130 cm³/mol. The number of aromatic amines is 1. The second-order valence-corrected chi connectivity index (χ2v) is 8.55. The lowest BCUT2D eigenvalue weighted by Crippen LogP contribution is -2.36. The maximum atomic E-state index is 14.6. The lowest BCUT2D eigenvalue weighted by Gasteiger charge is -2.29. The van der Waals surface area contributed by atoms with E-state index in [1.54, 1.807) is 12.1 Å². The van der Waals surface area contributed by atoms with E-state index in [1.807, 2.05) is 24.3 Å². The highest BCUT2D eigenvalue weighted by molar-refractivity contribution is 6.34. The first-order valence-electron chi connectivity index (χ1n) is 10.9. The number of methoxy groups -OCH3 is 1. The molecule has 1 saturated heterocycles. The molecule has 6 nitrogen and oxygen atoms in total. The van der Waals surface area contributed by atoms with E-state index in [4.69, 9.17) is 21.1 Å². The monoisotopic (exact) mass is 498 g/mol. The molecule has 1 aromatic heterocycles. The summed E-state index contributed by atoms with van der Waals surface area (Å²) in [6, 6.07) is 13.3. The van der Waals surface area contributed by atoms with Crippen LogP contribution in [0.5, 0.6) is 11.6 Å². The molecule has 1 fully saturated rings. The molecule has 0 saturated carbocycles. The standard InChI is InChI=1S/C26H21ClF2N2O4/c1-34-21-7-6-16(23(28)24(21)29)25(32)22-18-12-17(19(27)13-20(18)30-26(22)33)14-2-4-15(5-3-14)31-8-10-35-11-9-31/h2-7,12-13,30,33H,8-11H2,1H3. The van der Waals surface area contributed by atoms with Crippen LogP contribution in [-0.2, 0) is 4.74 Å². The molecule has 35 heavy (non-hydrogen) atoms. The molecule has 0 bridgehead atoms. The van der Waals surface area contributed by atoms with Crippen LogP contribution >= 0.6 is 11.6 Å². The minimum absolute atomic E-state index is 0.175. The normalized spacial score (nSPS) is 13.9. The van der Waals surface area contributed by atoms with Crippen molar-refractivity contribution in [2.75, 3.05) is 38.3 Å². The Bertz CT molecular complexity index is 1430. The zero-order valence-corrected chi connectivity index (χ0v) is 19.5. The number of hydrogen-bond acceptors (Lipinski definition) is 5. The second kappa shape index (κ2) is 9.20. The summed E-state index contributed by atoms with van der Waals surface area (Å²) in [7, 11) is 1.20. The molecule has 1 aliphatic heterocycles. The van der Waals surface area contributed by atoms with E-state index in [-0.39, 0.29) is 11.3 Å². The Morgan fingerprint density at radius 3 is 2.49 bits per heavy atom. The number of benzene rings is 3. The van der Waals surface area contributed by atoms with Crippen LogP contribution in [0.2, 0.25) is 5.02 Å². The average Bonchev–Trinajstić information content (AvgIpc) is 3.19. The average molecular weight is 499 g/mol. The van der Waals surface area contributed by atoms with E-state index >= 15 is 0 Å². The van der Waals surface area contributed by atoms with Gasteiger partial charge in [0, 0.05) is 29.7 Å². The van der Waals surface area contributed by atoms with E-state index in [0.717, 1.165) is 36.5 Å². The van der Waals surface area contributed by atoms with Crippen LogP contribution < -0.4 is 9.64 Å². The Hall–Kier alpha value is -3.62. The molecule has 0 aliphatic carbocycles. The zero-order chi connectivity index (χ0) is 24.7. The summed E-state index contributed by atoms with van der Waals surface area (Å²) in [6.45, 7) is 2.97. The number of H-pyrrole nitrogens is 1. The van der Waals surface area contributed by atoms with Crippen LogP contribution in [0.4, 0.5) is 14.5 Å². The molecular weight excluding hydrogens is 478 g/mol. The summed E-state index contributed by atoms with van der Waals surface area (Å²) < 4.78 is 39.0. The highest BCUT2D eigenvalue weighted by Crippen LogP contribution is 2.38. The first kappa shape index (κ1) is 23.1. The number of carbonyl (C=O) groups excluding carboxylic acids is 1. The van der Waals surface area contributed by atoms with Gasteiger partial charge in [0.15, 0.2) is 11.6 Å². The van der Waals surface area contributed by atoms with Gasteiger partial charge in [0.25, 0.3) is 0 Å². The Labute approximate surface area is 204 Å². The second-order valence-electron chi connectivity index (χ2n) is 8.15. The number of hydrogen-bond donors (Lipinski definition) is 2.